The zero-order valence-electron chi connectivity index (χ0n) is 17.9. The number of benzene rings is 1. The van der Waals surface area contributed by atoms with Crippen molar-refractivity contribution in [2.45, 2.75) is 51.2 Å². The van der Waals surface area contributed by atoms with Crippen LogP contribution in [-0.2, 0) is 15.0 Å². The molecule has 2 aromatic heterocycles. The third-order valence-electron chi connectivity index (χ3n) is 6.11. The molecular formula is C23H25N3O5. The molecule has 0 spiro atoms. The van der Waals surface area contributed by atoms with E-state index < -0.39 is 17.3 Å². The van der Waals surface area contributed by atoms with Gasteiger partial charge in [0.05, 0.1) is 18.8 Å². The summed E-state index contributed by atoms with van der Waals surface area (Å²) in [7, 11) is 0. The molecule has 0 saturated heterocycles. The largest absolute Gasteiger partial charge is 0.461 e. The minimum atomic E-state index is -0.614. The van der Waals surface area contributed by atoms with E-state index in [1.807, 2.05) is 16.7 Å². The van der Waals surface area contributed by atoms with Gasteiger partial charge in [-0.05, 0) is 62.9 Å². The second-order valence-electron chi connectivity index (χ2n) is 8.81. The molecule has 3 aromatic rings. The number of fused-ring (bicyclic) bond motifs is 1. The van der Waals surface area contributed by atoms with Crippen LogP contribution in [0.4, 0.5) is 0 Å². The zero-order chi connectivity index (χ0) is 21.8. The predicted molar refractivity (Wildman–Crippen MR) is 114 cm³/mol. The molecule has 1 saturated carbocycles. The number of aromatic nitrogens is 3. The standard InChI is InChI=1S/C23H25N3O5/c1-4-29-19(27)18-12-16-11-14(15-7-10-30-22(2,3)13-15)5-6-17(16)26(18)23(8-9-23)20-24-21(28)31-25-20/h5-7,11-12H,4,8-10,13H2,1-3H3,(H,24,25,28). The van der Waals surface area contributed by atoms with Gasteiger partial charge in [-0.1, -0.05) is 17.3 Å². The summed E-state index contributed by atoms with van der Waals surface area (Å²) in [5.41, 5.74) is 2.84. The molecule has 0 amide bonds. The van der Waals surface area contributed by atoms with Crippen LogP contribution in [0.1, 0.15) is 61.9 Å². The van der Waals surface area contributed by atoms with Crippen molar-refractivity contribution in [1.82, 2.24) is 14.7 Å². The molecular weight excluding hydrogens is 398 g/mol. The minimum absolute atomic E-state index is 0.210. The van der Waals surface area contributed by atoms with Gasteiger partial charge in [-0.25, -0.2) is 9.59 Å². The number of hydrogen-bond donors (Lipinski definition) is 1. The molecule has 3 heterocycles. The Labute approximate surface area is 178 Å². The van der Waals surface area contributed by atoms with Crippen LogP contribution in [0.5, 0.6) is 0 Å². The van der Waals surface area contributed by atoms with Gasteiger partial charge >= 0.3 is 11.7 Å². The summed E-state index contributed by atoms with van der Waals surface area (Å²) >= 11 is 0. The van der Waals surface area contributed by atoms with Crippen LogP contribution in [0, 0.1) is 0 Å². The van der Waals surface area contributed by atoms with E-state index in [4.69, 9.17) is 14.0 Å². The molecule has 0 unspecified atom stereocenters. The number of nitrogens with zero attached hydrogens (tertiary/aromatic N) is 2. The Morgan fingerprint density at radius 2 is 2.10 bits per heavy atom. The monoisotopic (exact) mass is 423 g/mol. The number of nitrogens with one attached hydrogen (secondary N) is 1. The van der Waals surface area contributed by atoms with Crippen LogP contribution in [0.3, 0.4) is 0 Å². The van der Waals surface area contributed by atoms with Crippen molar-refractivity contribution in [2.75, 3.05) is 13.2 Å². The lowest BCUT2D eigenvalue weighted by Crippen LogP contribution is -2.28. The molecule has 1 aliphatic heterocycles. The Bertz CT molecular complexity index is 1260. The molecule has 1 N–H and O–H groups in total. The van der Waals surface area contributed by atoms with Crippen LogP contribution in [0.2, 0.25) is 0 Å². The number of esters is 1. The molecule has 8 nitrogen and oxygen atoms in total. The molecule has 31 heavy (non-hydrogen) atoms. The second kappa shape index (κ2) is 6.95. The van der Waals surface area contributed by atoms with E-state index in [-0.39, 0.29) is 12.2 Å². The summed E-state index contributed by atoms with van der Waals surface area (Å²) in [6.45, 7) is 6.82. The lowest BCUT2D eigenvalue weighted by molar-refractivity contribution is -0.00299. The number of ether oxygens (including phenoxy) is 2. The fourth-order valence-electron chi connectivity index (χ4n) is 4.52. The molecule has 2 aliphatic rings. The van der Waals surface area contributed by atoms with Crippen LogP contribution < -0.4 is 5.76 Å². The first-order valence-corrected chi connectivity index (χ1v) is 10.6. The fraction of sp³-hybridized carbons (Fsp3) is 0.435. The lowest BCUT2D eigenvalue weighted by Gasteiger charge is -2.30. The Morgan fingerprint density at radius 1 is 1.29 bits per heavy atom. The molecule has 1 aliphatic carbocycles. The normalized spacial score (nSPS) is 19.3. The van der Waals surface area contributed by atoms with E-state index in [0.29, 0.717) is 18.1 Å². The van der Waals surface area contributed by atoms with Gasteiger partial charge in [0.15, 0.2) is 5.82 Å². The summed E-state index contributed by atoms with van der Waals surface area (Å²) in [6.07, 6.45) is 4.40. The second-order valence-corrected chi connectivity index (χ2v) is 8.81. The summed E-state index contributed by atoms with van der Waals surface area (Å²) < 4.78 is 17.8. The highest BCUT2D eigenvalue weighted by Gasteiger charge is 2.52. The molecule has 1 fully saturated rings. The van der Waals surface area contributed by atoms with E-state index in [9.17, 15) is 9.59 Å². The summed E-state index contributed by atoms with van der Waals surface area (Å²) in [6, 6.07) is 8.06. The van der Waals surface area contributed by atoms with Gasteiger partial charge in [0.1, 0.15) is 11.2 Å². The van der Waals surface area contributed by atoms with Crippen LogP contribution in [0.15, 0.2) is 39.7 Å². The molecule has 5 rings (SSSR count). The van der Waals surface area contributed by atoms with Crippen molar-refractivity contribution in [3.8, 4) is 0 Å². The van der Waals surface area contributed by atoms with Crippen molar-refractivity contribution in [2.24, 2.45) is 0 Å². The van der Waals surface area contributed by atoms with E-state index in [0.717, 1.165) is 35.7 Å². The maximum atomic E-state index is 12.8. The number of hydrogen-bond acceptors (Lipinski definition) is 6. The summed E-state index contributed by atoms with van der Waals surface area (Å²) in [4.78, 5) is 27.1. The van der Waals surface area contributed by atoms with E-state index >= 15 is 0 Å². The van der Waals surface area contributed by atoms with Crippen LogP contribution >= 0.6 is 0 Å². The first kappa shape index (κ1) is 19.8. The quantitative estimate of drug-likeness (QED) is 0.630. The van der Waals surface area contributed by atoms with Gasteiger partial charge in [-0.15, -0.1) is 0 Å². The van der Waals surface area contributed by atoms with Gasteiger partial charge in [0.25, 0.3) is 0 Å². The summed E-state index contributed by atoms with van der Waals surface area (Å²) in [5.74, 6) is -0.575. The SMILES string of the molecule is CCOC(=O)c1cc2cc(C3=CCOC(C)(C)C3)ccc2n1C1(c2noc(=O)[nH]2)CC1. The van der Waals surface area contributed by atoms with E-state index in [1.165, 1.54) is 5.57 Å². The first-order chi connectivity index (χ1) is 14.8. The highest BCUT2D eigenvalue weighted by Crippen LogP contribution is 2.50. The Balaban J connectivity index is 1.66. The Kier molecular flexibility index (Phi) is 4.44. The van der Waals surface area contributed by atoms with Gasteiger partial charge in [-0.3, -0.25) is 9.51 Å². The van der Waals surface area contributed by atoms with Gasteiger partial charge in [0.2, 0.25) is 0 Å². The van der Waals surface area contributed by atoms with Crippen LogP contribution in [0.25, 0.3) is 16.5 Å². The fourth-order valence-corrected chi connectivity index (χ4v) is 4.52. The molecule has 0 bridgehead atoms. The highest BCUT2D eigenvalue weighted by atomic mass is 16.5. The van der Waals surface area contributed by atoms with Crippen LogP contribution in [-0.4, -0.2) is 39.5 Å². The molecule has 162 valence electrons. The van der Waals surface area contributed by atoms with Crippen molar-refractivity contribution in [1.29, 1.82) is 0 Å². The smallest absolute Gasteiger partial charge is 0.438 e. The third-order valence-corrected chi connectivity index (χ3v) is 6.11. The average molecular weight is 423 g/mol. The maximum absolute atomic E-state index is 12.8. The molecule has 1 aromatic carbocycles. The lowest BCUT2D eigenvalue weighted by atomic mass is 9.90. The van der Waals surface area contributed by atoms with Crippen molar-refractivity contribution < 1.29 is 18.8 Å². The van der Waals surface area contributed by atoms with Crippen molar-refractivity contribution in [3.63, 3.8) is 0 Å². The number of carbonyl (C=O) groups is 1. The van der Waals surface area contributed by atoms with Gasteiger partial charge < -0.3 is 14.0 Å². The first-order valence-electron chi connectivity index (χ1n) is 10.6. The minimum Gasteiger partial charge on any atom is -0.461 e. The number of H-pyrrole nitrogens is 1. The zero-order valence-corrected chi connectivity index (χ0v) is 17.9. The number of carbonyl (C=O) groups excluding carboxylic acids is 1. The highest BCUT2D eigenvalue weighted by molar-refractivity contribution is 5.97. The average Bonchev–Trinajstić information content (AvgIpc) is 3.24. The van der Waals surface area contributed by atoms with E-state index in [1.54, 1.807) is 6.92 Å². The predicted octanol–water partition coefficient (Wildman–Crippen LogP) is 3.61. The molecule has 0 atom stereocenters. The van der Waals surface area contributed by atoms with Gasteiger partial charge in [0, 0.05) is 17.3 Å². The third kappa shape index (κ3) is 3.31. The Morgan fingerprint density at radius 3 is 2.74 bits per heavy atom. The maximum Gasteiger partial charge on any atom is 0.438 e. The van der Waals surface area contributed by atoms with E-state index in [2.05, 4.69) is 42.2 Å². The Hall–Kier alpha value is -3.13. The number of aromatic amines is 1. The molecule has 8 heteroatoms. The van der Waals surface area contributed by atoms with Crippen molar-refractivity contribution in [3.05, 3.63) is 58.0 Å². The van der Waals surface area contributed by atoms with Crippen molar-refractivity contribution >= 4 is 22.4 Å². The number of rotatable bonds is 5. The summed E-state index contributed by atoms with van der Waals surface area (Å²) in [5, 5.41) is 4.86. The molecule has 0 radical (unpaired) electrons. The van der Waals surface area contributed by atoms with Gasteiger partial charge in [-0.2, -0.15) is 0 Å². The topological polar surface area (TPSA) is 99.3 Å².